The summed E-state index contributed by atoms with van der Waals surface area (Å²) < 4.78 is 2.30. The highest BCUT2D eigenvalue weighted by Crippen LogP contribution is 2.36. The van der Waals surface area contributed by atoms with E-state index in [9.17, 15) is 5.11 Å². The van der Waals surface area contributed by atoms with Gasteiger partial charge < -0.3 is 10.0 Å². The average molecular weight is 380 g/mol. The molecule has 4 rings (SSSR count). The van der Waals surface area contributed by atoms with Gasteiger partial charge in [0.2, 0.25) is 5.88 Å². The number of aromatic hydroxyl groups is 1. The summed E-state index contributed by atoms with van der Waals surface area (Å²) in [4.78, 5) is 7.17. The molecule has 1 aliphatic rings. The normalized spacial score (nSPS) is 14.0. The third kappa shape index (κ3) is 2.87. The van der Waals surface area contributed by atoms with Crippen molar-refractivity contribution in [2.75, 3.05) is 19.0 Å². The van der Waals surface area contributed by atoms with E-state index in [1.165, 1.54) is 11.3 Å². The van der Waals surface area contributed by atoms with Gasteiger partial charge in [0.05, 0.1) is 16.3 Å². The van der Waals surface area contributed by atoms with E-state index < -0.39 is 0 Å². The molecule has 0 bridgehead atoms. The second-order valence-corrected chi connectivity index (χ2v) is 7.85. The van der Waals surface area contributed by atoms with Crippen molar-refractivity contribution in [3.05, 3.63) is 62.9 Å². The zero-order valence-corrected chi connectivity index (χ0v) is 16.0. The van der Waals surface area contributed by atoms with Crippen LogP contribution >= 0.6 is 23.6 Å². The van der Waals surface area contributed by atoms with Crippen molar-refractivity contribution in [2.24, 2.45) is 4.99 Å². The van der Waals surface area contributed by atoms with Gasteiger partial charge in [-0.2, -0.15) is 0 Å². The standard InChI is InChI=1S/C20H17N3OS2/c1-22(2)14-7-9-15(10-8-14)23-19(24)18(26-20(23)25)11-13-12-21-17-6-4-3-5-16(13)17/h3-12,24H,1-2H3. The monoisotopic (exact) mass is 379 g/mol. The molecule has 0 spiro atoms. The van der Waals surface area contributed by atoms with Crippen molar-refractivity contribution in [2.45, 2.75) is 0 Å². The zero-order chi connectivity index (χ0) is 18.3. The molecule has 0 radical (unpaired) electrons. The van der Waals surface area contributed by atoms with Gasteiger partial charge in [-0.3, -0.25) is 9.56 Å². The number of fused-ring (bicyclic) bond motifs is 1. The molecule has 0 atom stereocenters. The van der Waals surface area contributed by atoms with E-state index in [-0.39, 0.29) is 5.88 Å². The van der Waals surface area contributed by atoms with Gasteiger partial charge in [-0.25, -0.2) is 0 Å². The summed E-state index contributed by atoms with van der Waals surface area (Å²) in [5.41, 5.74) is 4.92. The molecule has 0 amide bonds. The van der Waals surface area contributed by atoms with Crippen LogP contribution in [0.5, 0.6) is 5.88 Å². The molecule has 0 saturated heterocycles. The first-order valence-corrected chi connectivity index (χ1v) is 9.35. The minimum absolute atomic E-state index is 0.155. The lowest BCUT2D eigenvalue weighted by Gasteiger charge is -2.13. The molecule has 2 heterocycles. The van der Waals surface area contributed by atoms with E-state index in [0.717, 1.165) is 33.1 Å². The van der Waals surface area contributed by atoms with Crippen LogP contribution in [0.4, 0.5) is 11.4 Å². The summed E-state index contributed by atoms with van der Waals surface area (Å²) in [6, 6.07) is 15.9. The lowest BCUT2D eigenvalue weighted by Crippen LogP contribution is -2.08. The van der Waals surface area contributed by atoms with Crippen LogP contribution in [0.2, 0.25) is 0 Å². The topological polar surface area (TPSA) is 40.8 Å². The Balaban J connectivity index is 1.75. The molecule has 3 aromatic rings. The van der Waals surface area contributed by atoms with Gasteiger partial charge in [-0.1, -0.05) is 18.2 Å². The van der Waals surface area contributed by atoms with E-state index in [0.29, 0.717) is 3.95 Å². The van der Waals surface area contributed by atoms with Crippen molar-refractivity contribution < 1.29 is 5.11 Å². The predicted molar refractivity (Wildman–Crippen MR) is 113 cm³/mol. The van der Waals surface area contributed by atoms with Crippen LogP contribution in [0, 0.1) is 3.95 Å². The Kier molecular flexibility index (Phi) is 4.22. The summed E-state index contributed by atoms with van der Waals surface area (Å²) >= 11 is 6.88. The lowest BCUT2D eigenvalue weighted by atomic mass is 10.1. The van der Waals surface area contributed by atoms with Crippen molar-refractivity contribution in [1.29, 1.82) is 0 Å². The number of para-hydroxylation sites is 1. The summed E-state index contributed by atoms with van der Waals surface area (Å²) in [5, 5.41) is 10.8. The third-order valence-corrected chi connectivity index (χ3v) is 5.59. The van der Waals surface area contributed by atoms with Crippen LogP contribution in [0.15, 0.2) is 53.5 Å². The highest BCUT2D eigenvalue weighted by molar-refractivity contribution is 7.73. The molecule has 6 heteroatoms. The number of anilines is 1. The fourth-order valence-electron chi connectivity index (χ4n) is 2.90. The minimum atomic E-state index is 0.155. The fourth-order valence-corrected chi connectivity index (χ4v) is 4.20. The van der Waals surface area contributed by atoms with Crippen LogP contribution in [0.1, 0.15) is 10.4 Å². The van der Waals surface area contributed by atoms with Gasteiger partial charge in [0.15, 0.2) is 3.95 Å². The second kappa shape index (κ2) is 6.55. The van der Waals surface area contributed by atoms with Gasteiger partial charge in [0, 0.05) is 37.1 Å². The Hall–Kier alpha value is -2.70. The van der Waals surface area contributed by atoms with Crippen molar-refractivity contribution >= 4 is 52.8 Å². The SMILES string of the molecule is CN(C)c1ccc(-n2c(O)c(C=C3C=Nc4ccccc43)sc2=S)cc1. The van der Waals surface area contributed by atoms with E-state index in [1.807, 2.05) is 79.8 Å². The quantitative estimate of drug-likeness (QED) is 0.628. The number of nitrogens with zero attached hydrogens (tertiary/aromatic N) is 3. The summed E-state index contributed by atoms with van der Waals surface area (Å²) in [7, 11) is 3.99. The van der Waals surface area contributed by atoms with E-state index in [4.69, 9.17) is 12.2 Å². The Labute approximate surface area is 161 Å². The molecule has 0 unspecified atom stereocenters. The lowest BCUT2D eigenvalue weighted by molar-refractivity contribution is 0.441. The Morgan fingerprint density at radius 2 is 1.85 bits per heavy atom. The van der Waals surface area contributed by atoms with E-state index in [1.54, 1.807) is 4.57 Å². The molecule has 1 aromatic heterocycles. The maximum atomic E-state index is 10.8. The van der Waals surface area contributed by atoms with Crippen LogP contribution < -0.4 is 4.90 Å². The number of allylic oxidation sites excluding steroid dienone is 1. The number of benzene rings is 2. The summed E-state index contributed by atoms with van der Waals surface area (Å²) in [6.07, 6.45) is 3.76. The highest BCUT2D eigenvalue weighted by Gasteiger charge is 2.16. The first-order chi connectivity index (χ1) is 12.5. The Bertz CT molecular complexity index is 1090. The van der Waals surface area contributed by atoms with Gasteiger partial charge in [-0.05, 0) is 48.6 Å². The smallest absolute Gasteiger partial charge is 0.215 e. The summed E-state index contributed by atoms with van der Waals surface area (Å²) in [6.45, 7) is 0. The molecular weight excluding hydrogens is 362 g/mol. The fraction of sp³-hybridized carbons (Fsp3) is 0.100. The molecule has 0 saturated carbocycles. The van der Waals surface area contributed by atoms with Crippen molar-refractivity contribution in [3.63, 3.8) is 0 Å². The Morgan fingerprint density at radius 1 is 1.12 bits per heavy atom. The molecule has 0 aliphatic carbocycles. The molecule has 1 N–H and O–H groups in total. The summed E-state index contributed by atoms with van der Waals surface area (Å²) in [5.74, 6) is 0.155. The van der Waals surface area contributed by atoms with Gasteiger partial charge >= 0.3 is 0 Å². The second-order valence-electron chi connectivity index (χ2n) is 6.18. The van der Waals surface area contributed by atoms with Crippen LogP contribution in [-0.2, 0) is 0 Å². The molecule has 0 fully saturated rings. The molecule has 4 nitrogen and oxygen atoms in total. The first kappa shape index (κ1) is 16.8. The number of thiazole rings is 1. The maximum Gasteiger partial charge on any atom is 0.215 e. The van der Waals surface area contributed by atoms with Crippen LogP contribution in [-0.4, -0.2) is 30.0 Å². The third-order valence-electron chi connectivity index (χ3n) is 4.28. The number of hydrogen-bond donors (Lipinski definition) is 1. The van der Waals surface area contributed by atoms with Crippen molar-refractivity contribution in [3.8, 4) is 11.6 Å². The molecule has 130 valence electrons. The van der Waals surface area contributed by atoms with Crippen LogP contribution in [0.3, 0.4) is 0 Å². The molecule has 2 aromatic carbocycles. The van der Waals surface area contributed by atoms with Crippen molar-refractivity contribution in [1.82, 2.24) is 4.57 Å². The van der Waals surface area contributed by atoms with E-state index in [2.05, 4.69) is 4.99 Å². The average Bonchev–Trinajstić information content (AvgIpc) is 3.16. The van der Waals surface area contributed by atoms with E-state index >= 15 is 0 Å². The number of aliphatic imine (C=N–C) groups is 1. The minimum Gasteiger partial charge on any atom is -0.493 e. The number of aromatic nitrogens is 1. The maximum absolute atomic E-state index is 10.8. The molecule has 26 heavy (non-hydrogen) atoms. The number of rotatable bonds is 3. The van der Waals surface area contributed by atoms with Gasteiger partial charge in [-0.15, -0.1) is 11.3 Å². The Morgan fingerprint density at radius 3 is 2.58 bits per heavy atom. The van der Waals surface area contributed by atoms with Gasteiger partial charge in [0.25, 0.3) is 0 Å². The zero-order valence-electron chi connectivity index (χ0n) is 14.4. The predicted octanol–water partition coefficient (Wildman–Crippen LogP) is 5.30. The number of hydrogen-bond acceptors (Lipinski definition) is 5. The largest absolute Gasteiger partial charge is 0.493 e. The van der Waals surface area contributed by atoms with Crippen LogP contribution in [0.25, 0.3) is 17.3 Å². The van der Waals surface area contributed by atoms with Gasteiger partial charge in [0.1, 0.15) is 0 Å². The first-order valence-electron chi connectivity index (χ1n) is 8.12. The molecule has 1 aliphatic heterocycles. The molecular formula is C20H17N3OS2. The highest BCUT2D eigenvalue weighted by atomic mass is 32.1.